The third-order valence-electron chi connectivity index (χ3n) is 1.26. The second-order valence-corrected chi connectivity index (χ2v) is 5.29. The number of rotatable bonds is 0. The van der Waals surface area contributed by atoms with Crippen LogP contribution in [0.2, 0.25) is 0 Å². The quantitative estimate of drug-likeness (QED) is 0.646. The molecule has 0 saturated carbocycles. The van der Waals surface area contributed by atoms with Gasteiger partial charge in [-0.15, -0.1) is 0 Å². The van der Waals surface area contributed by atoms with Crippen molar-refractivity contribution in [3.05, 3.63) is 12.4 Å². The van der Waals surface area contributed by atoms with Crippen LogP contribution in [-0.2, 0) is 14.9 Å². The van der Waals surface area contributed by atoms with E-state index in [0.29, 0.717) is 4.31 Å². The lowest BCUT2D eigenvalue weighted by molar-refractivity contribution is 0.0445. The van der Waals surface area contributed by atoms with E-state index in [1.807, 2.05) is 4.72 Å². The number of hydrogen-bond donors (Lipinski definition) is 1. The molecule has 0 spiro atoms. The van der Waals surface area contributed by atoms with E-state index in [0.717, 1.165) is 12.4 Å². The van der Waals surface area contributed by atoms with E-state index >= 15 is 0 Å². The minimum atomic E-state index is -3.76. The van der Waals surface area contributed by atoms with Crippen molar-refractivity contribution in [1.29, 1.82) is 0 Å². The van der Waals surface area contributed by atoms with Crippen LogP contribution in [0.3, 0.4) is 0 Å². The van der Waals surface area contributed by atoms with E-state index in [1.54, 1.807) is 20.8 Å². The molecule has 0 aromatic rings. The van der Waals surface area contributed by atoms with Crippen LogP contribution in [0.25, 0.3) is 0 Å². The lowest BCUT2D eigenvalue weighted by Gasteiger charge is -2.22. The highest BCUT2D eigenvalue weighted by atomic mass is 32.2. The first-order chi connectivity index (χ1) is 6.22. The first-order valence-electron chi connectivity index (χ1n) is 3.94. The van der Waals surface area contributed by atoms with Crippen LogP contribution in [0.5, 0.6) is 0 Å². The highest BCUT2D eigenvalue weighted by Gasteiger charge is 2.32. The van der Waals surface area contributed by atoms with Gasteiger partial charge in [-0.3, -0.25) is 4.72 Å². The molecule has 0 saturated heterocycles. The Balaban J connectivity index is 2.77. The fourth-order valence-electron chi connectivity index (χ4n) is 0.787. The zero-order chi connectivity index (χ0) is 11.0. The van der Waals surface area contributed by atoms with Gasteiger partial charge in [0.05, 0.1) is 0 Å². The van der Waals surface area contributed by atoms with Crippen molar-refractivity contribution in [3.63, 3.8) is 0 Å². The summed E-state index contributed by atoms with van der Waals surface area (Å²) in [5.74, 6) is 0. The molecule has 14 heavy (non-hydrogen) atoms. The van der Waals surface area contributed by atoms with E-state index in [1.165, 1.54) is 0 Å². The number of carbonyl (C=O) groups excluding carboxylic acids is 1. The summed E-state index contributed by atoms with van der Waals surface area (Å²) >= 11 is 0. The molecule has 0 aromatic heterocycles. The molecule has 1 rings (SSSR count). The van der Waals surface area contributed by atoms with Crippen molar-refractivity contribution in [1.82, 2.24) is 9.03 Å². The van der Waals surface area contributed by atoms with Gasteiger partial charge < -0.3 is 4.74 Å². The summed E-state index contributed by atoms with van der Waals surface area (Å²) in [5.41, 5.74) is -0.719. The maximum atomic E-state index is 11.3. The fourth-order valence-corrected chi connectivity index (χ4v) is 1.59. The smallest absolute Gasteiger partial charge is 0.429 e. The summed E-state index contributed by atoms with van der Waals surface area (Å²) < 4.78 is 29.7. The summed E-state index contributed by atoms with van der Waals surface area (Å²) in [6.45, 7) is 4.97. The molecule has 0 unspecified atom stereocenters. The summed E-state index contributed by atoms with van der Waals surface area (Å²) in [5, 5.41) is 0. The molecule has 6 nitrogen and oxygen atoms in total. The monoisotopic (exact) mass is 220 g/mol. The molecule has 80 valence electrons. The molecule has 1 aliphatic rings. The van der Waals surface area contributed by atoms with Gasteiger partial charge in [-0.05, 0) is 20.8 Å². The predicted molar refractivity (Wildman–Crippen MR) is 49.3 cm³/mol. The largest absolute Gasteiger partial charge is 0.443 e. The maximum absolute atomic E-state index is 11.3. The summed E-state index contributed by atoms with van der Waals surface area (Å²) in [4.78, 5) is 11.3. The van der Waals surface area contributed by atoms with Crippen molar-refractivity contribution in [2.45, 2.75) is 26.4 Å². The van der Waals surface area contributed by atoms with E-state index in [9.17, 15) is 13.2 Å². The van der Waals surface area contributed by atoms with Gasteiger partial charge in [0.25, 0.3) is 0 Å². The molecular formula is C7H12N2O4S. The molecular weight excluding hydrogens is 208 g/mol. The Morgan fingerprint density at radius 1 is 1.43 bits per heavy atom. The van der Waals surface area contributed by atoms with Gasteiger partial charge in [-0.1, -0.05) is 0 Å². The van der Waals surface area contributed by atoms with Crippen LogP contribution in [0, 0.1) is 0 Å². The average molecular weight is 220 g/mol. The number of ether oxygens (including phenoxy) is 1. The number of nitrogens with one attached hydrogen (secondary N) is 1. The molecule has 1 aliphatic heterocycles. The van der Waals surface area contributed by atoms with Crippen molar-refractivity contribution in [3.8, 4) is 0 Å². The Hall–Kier alpha value is -1.24. The topological polar surface area (TPSA) is 75.7 Å². The molecule has 0 radical (unpaired) electrons. The van der Waals surface area contributed by atoms with Crippen LogP contribution in [0.15, 0.2) is 12.4 Å². The normalized spacial score (nSPS) is 19.2. The van der Waals surface area contributed by atoms with E-state index in [-0.39, 0.29) is 0 Å². The second kappa shape index (κ2) is 3.16. The van der Waals surface area contributed by atoms with E-state index < -0.39 is 21.9 Å². The number of amides is 1. The van der Waals surface area contributed by atoms with E-state index in [2.05, 4.69) is 0 Å². The van der Waals surface area contributed by atoms with Gasteiger partial charge in [0, 0.05) is 12.4 Å². The fraction of sp³-hybridized carbons (Fsp3) is 0.571. The zero-order valence-corrected chi connectivity index (χ0v) is 8.96. The third kappa shape index (κ3) is 2.38. The van der Waals surface area contributed by atoms with Crippen molar-refractivity contribution < 1.29 is 17.9 Å². The van der Waals surface area contributed by atoms with Crippen molar-refractivity contribution in [2.24, 2.45) is 0 Å². The third-order valence-corrected chi connectivity index (χ3v) is 2.48. The SMILES string of the molecule is CC(C)(C)OC(=O)N1C=CNS1(=O)=O. The molecule has 0 atom stereocenters. The molecule has 0 aliphatic carbocycles. The average Bonchev–Trinajstić information content (AvgIpc) is 2.25. The van der Waals surface area contributed by atoms with Crippen molar-refractivity contribution >= 4 is 16.3 Å². The summed E-state index contributed by atoms with van der Waals surface area (Å²) in [6, 6.07) is 0. The molecule has 7 heteroatoms. The lowest BCUT2D eigenvalue weighted by atomic mass is 10.2. The Morgan fingerprint density at radius 3 is 2.36 bits per heavy atom. The number of hydrogen-bond acceptors (Lipinski definition) is 4. The predicted octanol–water partition coefficient (Wildman–Crippen LogP) is 0.543. The first kappa shape index (κ1) is 10.8. The van der Waals surface area contributed by atoms with Crippen molar-refractivity contribution in [2.75, 3.05) is 0 Å². The van der Waals surface area contributed by atoms with Crippen LogP contribution in [-0.4, -0.2) is 24.4 Å². The van der Waals surface area contributed by atoms with E-state index in [4.69, 9.17) is 4.74 Å². The highest BCUT2D eigenvalue weighted by molar-refractivity contribution is 7.88. The lowest BCUT2D eigenvalue weighted by Crippen LogP contribution is -2.38. The number of nitrogens with zero attached hydrogens (tertiary/aromatic N) is 1. The molecule has 0 fully saturated rings. The second-order valence-electron chi connectivity index (χ2n) is 3.71. The zero-order valence-electron chi connectivity index (χ0n) is 8.14. The minimum Gasteiger partial charge on any atom is -0.443 e. The highest BCUT2D eigenvalue weighted by Crippen LogP contribution is 2.14. The molecule has 1 N–H and O–H groups in total. The molecule has 0 bridgehead atoms. The van der Waals surface area contributed by atoms with Gasteiger partial charge in [0.15, 0.2) is 0 Å². The Bertz CT molecular complexity index is 366. The van der Waals surface area contributed by atoms with Gasteiger partial charge in [0.2, 0.25) is 0 Å². The first-order valence-corrected chi connectivity index (χ1v) is 5.38. The van der Waals surface area contributed by atoms with Gasteiger partial charge in [0.1, 0.15) is 5.60 Å². The van der Waals surface area contributed by atoms with Gasteiger partial charge >= 0.3 is 16.3 Å². The van der Waals surface area contributed by atoms with Crippen LogP contribution in [0.1, 0.15) is 20.8 Å². The molecule has 1 amide bonds. The van der Waals surface area contributed by atoms with Crippen LogP contribution < -0.4 is 4.72 Å². The Kier molecular flexibility index (Phi) is 2.45. The Morgan fingerprint density at radius 2 is 2.00 bits per heavy atom. The summed E-state index contributed by atoms with van der Waals surface area (Å²) in [6.07, 6.45) is 1.33. The minimum absolute atomic E-state index is 0.512. The maximum Gasteiger partial charge on any atom is 0.429 e. The molecule has 1 heterocycles. The number of carbonyl (C=O) groups is 1. The summed E-state index contributed by atoms with van der Waals surface area (Å²) in [7, 11) is -3.76. The molecule has 0 aromatic carbocycles. The van der Waals surface area contributed by atoms with Crippen LogP contribution in [0.4, 0.5) is 4.79 Å². The van der Waals surface area contributed by atoms with Crippen LogP contribution >= 0.6 is 0 Å². The van der Waals surface area contributed by atoms with Gasteiger partial charge in [-0.25, -0.2) is 4.79 Å². The standard InChI is InChI=1S/C7H12N2O4S/c1-7(2,3)13-6(10)9-5-4-8-14(9,11)12/h4-5,8H,1-3H3. The van der Waals surface area contributed by atoms with Gasteiger partial charge in [-0.2, -0.15) is 12.7 Å². The Labute approximate surface area is 82.7 Å².